The number of rotatable bonds is 2. The lowest BCUT2D eigenvalue weighted by atomic mass is 10.1. The number of aliphatic hydroxyl groups is 3. The van der Waals surface area contributed by atoms with Crippen molar-refractivity contribution in [1.82, 2.24) is 4.98 Å². The maximum atomic E-state index is 9.77. The molecule has 6 nitrogen and oxygen atoms in total. The van der Waals surface area contributed by atoms with Gasteiger partial charge in [0.1, 0.15) is 18.3 Å². The summed E-state index contributed by atoms with van der Waals surface area (Å²) in [7, 11) is 0. The fourth-order valence-corrected chi connectivity index (χ4v) is 2.69. The molecule has 0 bridgehead atoms. The van der Waals surface area contributed by atoms with Crippen LogP contribution in [0.1, 0.15) is 5.56 Å². The number of aliphatic hydroxyl groups excluding tert-OH is 3. The highest BCUT2D eigenvalue weighted by atomic mass is 32.2. The Morgan fingerprint density at radius 2 is 2.17 bits per heavy atom. The molecule has 18 heavy (non-hydrogen) atoms. The van der Waals surface area contributed by atoms with Crippen molar-refractivity contribution in [2.45, 2.75) is 23.7 Å². The van der Waals surface area contributed by atoms with Crippen molar-refractivity contribution < 1.29 is 20.1 Å². The fourth-order valence-electron chi connectivity index (χ4n) is 1.57. The Bertz CT molecular complexity index is 465. The van der Waals surface area contributed by atoms with Crippen molar-refractivity contribution in [2.75, 3.05) is 5.75 Å². The van der Waals surface area contributed by atoms with Crippen LogP contribution < -0.4 is 4.74 Å². The lowest BCUT2D eigenvalue weighted by Crippen LogP contribution is -2.50. The molecule has 2 heterocycles. The summed E-state index contributed by atoms with van der Waals surface area (Å²) < 4.78 is 5.47. The zero-order chi connectivity index (χ0) is 13.1. The minimum absolute atomic E-state index is 0.250. The van der Waals surface area contributed by atoms with Crippen LogP contribution in [0.4, 0.5) is 0 Å². The van der Waals surface area contributed by atoms with Crippen molar-refractivity contribution in [1.29, 1.82) is 5.26 Å². The highest BCUT2D eigenvalue weighted by molar-refractivity contribution is 7.99. The van der Waals surface area contributed by atoms with Crippen LogP contribution in [-0.4, -0.2) is 49.8 Å². The quantitative estimate of drug-likeness (QED) is 0.663. The van der Waals surface area contributed by atoms with E-state index in [1.807, 2.05) is 6.07 Å². The van der Waals surface area contributed by atoms with E-state index in [0.717, 1.165) is 0 Å². The maximum Gasteiger partial charge on any atom is 0.173 e. The Kier molecular flexibility index (Phi) is 4.04. The topological polar surface area (TPSA) is 107 Å². The standard InChI is InChI=1S/C11H12N2O4S/c12-3-6-1-2-13-4-8(6)17-11-10(16)9(15)7(14)5-18-11/h1-2,4,7,9-11,14-16H,5H2/t7-,9+,10-,11+/m1/s1. The minimum Gasteiger partial charge on any atom is -0.474 e. The Balaban J connectivity index is 2.12. The first-order valence-electron chi connectivity index (χ1n) is 5.30. The van der Waals surface area contributed by atoms with E-state index in [1.165, 1.54) is 30.2 Å². The van der Waals surface area contributed by atoms with E-state index in [-0.39, 0.29) is 11.5 Å². The van der Waals surface area contributed by atoms with Crippen molar-refractivity contribution in [3.05, 3.63) is 24.0 Å². The number of aromatic nitrogens is 1. The zero-order valence-corrected chi connectivity index (χ0v) is 10.1. The number of ether oxygens (including phenoxy) is 1. The minimum atomic E-state index is -1.25. The Labute approximate surface area is 108 Å². The van der Waals surface area contributed by atoms with E-state index in [0.29, 0.717) is 5.56 Å². The molecule has 3 N–H and O–H groups in total. The van der Waals surface area contributed by atoms with Crippen molar-refractivity contribution in [3.8, 4) is 11.8 Å². The summed E-state index contributed by atoms with van der Waals surface area (Å²) in [5.74, 6) is 0.505. The van der Waals surface area contributed by atoms with Gasteiger partial charge in [-0.3, -0.25) is 4.98 Å². The molecule has 0 aliphatic carbocycles. The molecule has 0 radical (unpaired) electrons. The highest BCUT2D eigenvalue weighted by Gasteiger charge is 2.38. The molecule has 96 valence electrons. The van der Waals surface area contributed by atoms with Gasteiger partial charge in [-0.2, -0.15) is 5.26 Å². The molecule has 1 aromatic rings. The summed E-state index contributed by atoms with van der Waals surface area (Å²) in [4.78, 5) is 3.84. The number of nitrogens with zero attached hydrogens (tertiary/aromatic N) is 2. The molecule has 0 spiro atoms. The summed E-state index contributed by atoms with van der Waals surface area (Å²) >= 11 is 1.18. The predicted octanol–water partition coefficient (Wildman–Crippen LogP) is -0.512. The van der Waals surface area contributed by atoms with Gasteiger partial charge in [-0.05, 0) is 6.07 Å². The highest BCUT2D eigenvalue weighted by Crippen LogP contribution is 2.29. The molecule has 0 amide bonds. The Hall–Kier alpha value is -1.33. The Morgan fingerprint density at radius 1 is 1.39 bits per heavy atom. The Morgan fingerprint density at radius 3 is 2.89 bits per heavy atom. The predicted molar refractivity (Wildman–Crippen MR) is 63.8 cm³/mol. The van der Waals surface area contributed by atoms with E-state index in [4.69, 9.17) is 10.00 Å². The number of pyridine rings is 1. The van der Waals surface area contributed by atoms with Gasteiger partial charge in [0.2, 0.25) is 0 Å². The van der Waals surface area contributed by atoms with Gasteiger partial charge in [-0.15, -0.1) is 11.8 Å². The van der Waals surface area contributed by atoms with E-state index in [2.05, 4.69) is 4.98 Å². The van der Waals surface area contributed by atoms with Gasteiger partial charge in [0, 0.05) is 11.9 Å². The number of hydrogen-bond acceptors (Lipinski definition) is 7. The van der Waals surface area contributed by atoms with Gasteiger partial charge >= 0.3 is 0 Å². The average Bonchev–Trinajstić information content (AvgIpc) is 2.40. The van der Waals surface area contributed by atoms with E-state index in [1.54, 1.807) is 0 Å². The third kappa shape index (κ3) is 2.57. The first-order valence-corrected chi connectivity index (χ1v) is 6.35. The number of thioether (sulfide) groups is 1. The van der Waals surface area contributed by atoms with Gasteiger partial charge in [0.25, 0.3) is 0 Å². The monoisotopic (exact) mass is 268 g/mol. The van der Waals surface area contributed by atoms with E-state index >= 15 is 0 Å². The molecular weight excluding hydrogens is 256 g/mol. The van der Waals surface area contributed by atoms with Crippen LogP contribution in [0.5, 0.6) is 5.75 Å². The largest absolute Gasteiger partial charge is 0.474 e. The van der Waals surface area contributed by atoms with Crippen molar-refractivity contribution in [3.63, 3.8) is 0 Å². The zero-order valence-electron chi connectivity index (χ0n) is 9.30. The maximum absolute atomic E-state index is 9.77. The summed E-state index contributed by atoms with van der Waals surface area (Å²) in [6.07, 6.45) is -0.601. The summed E-state index contributed by atoms with van der Waals surface area (Å²) in [5, 5.41) is 37.6. The van der Waals surface area contributed by atoms with E-state index < -0.39 is 23.7 Å². The SMILES string of the molecule is N#Cc1ccncc1O[C@H]1SC[C@@H](O)[C@H](O)[C@H]1O. The van der Waals surface area contributed by atoms with Crippen molar-refractivity contribution in [2.24, 2.45) is 0 Å². The van der Waals surface area contributed by atoms with Crippen molar-refractivity contribution >= 4 is 11.8 Å². The molecule has 4 atom stereocenters. The van der Waals surface area contributed by atoms with E-state index in [9.17, 15) is 15.3 Å². The van der Waals surface area contributed by atoms with Crippen LogP contribution in [0.25, 0.3) is 0 Å². The van der Waals surface area contributed by atoms with Crippen LogP contribution in [0.15, 0.2) is 18.5 Å². The molecule has 1 aliphatic rings. The summed E-state index contributed by atoms with van der Waals surface area (Å²) in [5.41, 5.74) is -0.432. The normalized spacial score (nSPS) is 31.7. The molecule has 1 aromatic heterocycles. The van der Waals surface area contributed by atoms with Crippen LogP contribution >= 0.6 is 11.8 Å². The van der Waals surface area contributed by atoms with Gasteiger partial charge in [-0.1, -0.05) is 0 Å². The first kappa shape index (κ1) is 13.1. The van der Waals surface area contributed by atoms with Crippen LogP contribution in [-0.2, 0) is 0 Å². The summed E-state index contributed by atoms with van der Waals surface area (Å²) in [6.45, 7) is 0. The van der Waals surface area contributed by atoms with Gasteiger partial charge in [0.05, 0.1) is 17.9 Å². The molecule has 0 unspecified atom stereocenters. The third-order valence-corrected chi connectivity index (χ3v) is 3.84. The molecule has 1 fully saturated rings. The summed E-state index contributed by atoms with van der Waals surface area (Å²) in [6, 6.07) is 3.45. The molecule has 1 aliphatic heterocycles. The number of nitriles is 1. The first-order chi connectivity index (χ1) is 8.63. The lowest BCUT2D eigenvalue weighted by Gasteiger charge is -2.34. The second-order valence-electron chi connectivity index (χ2n) is 3.85. The average molecular weight is 268 g/mol. The molecule has 7 heteroatoms. The second-order valence-corrected chi connectivity index (χ2v) is 4.98. The second kappa shape index (κ2) is 5.54. The molecule has 0 saturated carbocycles. The lowest BCUT2D eigenvalue weighted by molar-refractivity contribution is -0.0786. The fraction of sp³-hybridized carbons (Fsp3) is 0.455. The van der Waals surface area contributed by atoms with Crippen LogP contribution in [0.3, 0.4) is 0 Å². The molecule has 2 rings (SSSR count). The number of hydrogen-bond donors (Lipinski definition) is 3. The van der Waals surface area contributed by atoms with Crippen LogP contribution in [0.2, 0.25) is 0 Å². The van der Waals surface area contributed by atoms with Gasteiger partial charge in [-0.25, -0.2) is 0 Å². The third-order valence-electron chi connectivity index (χ3n) is 2.60. The van der Waals surface area contributed by atoms with Crippen LogP contribution in [0, 0.1) is 11.3 Å². The molecule has 1 saturated heterocycles. The smallest absolute Gasteiger partial charge is 0.173 e. The van der Waals surface area contributed by atoms with Gasteiger partial charge < -0.3 is 20.1 Å². The van der Waals surface area contributed by atoms with Gasteiger partial charge in [0.15, 0.2) is 11.2 Å². The molecular formula is C11H12N2O4S. The molecule has 0 aromatic carbocycles.